The van der Waals surface area contributed by atoms with Gasteiger partial charge in [0.15, 0.2) is 0 Å². The van der Waals surface area contributed by atoms with Crippen LogP contribution in [0.25, 0.3) is 10.9 Å². The van der Waals surface area contributed by atoms with Crippen LogP contribution in [0.15, 0.2) is 29.1 Å². The van der Waals surface area contributed by atoms with Crippen LogP contribution < -0.4 is 5.43 Å². The Bertz CT molecular complexity index is 568. The Morgan fingerprint density at radius 3 is 2.80 bits per heavy atom. The Labute approximate surface area is 87.9 Å². The van der Waals surface area contributed by atoms with Gasteiger partial charge in [-0.1, -0.05) is 18.2 Å². The van der Waals surface area contributed by atoms with Crippen LogP contribution in [0.4, 0.5) is 0 Å². The molecule has 2 aromatic rings. The molecule has 0 saturated heterocycles. The molecule has 15 heavy (non-hydrogen) atoms. The molecule has 1 heterocycles. The summed E-state index contributed by atoms with van der Waals surface area (Å²) in [6.07, 6.45) is 4.68. The molecular weight excluding hydrogens is 186 g/mol. The molecule has 2 heteroatoms. The monoisotopic (exact) mass is 199 g/mol. The maximum absolute atomic E-state index is 11.8. The molecule has 1 aliphatic carbocycles. The van der Waals surface area contributed by atoms with Crippen LogP contribution in [-0.4, -0.2) is 4.98 Å². The number of H-pyrrole nitrogens is 1. The lowest BCUT2D eigenvalue weighted by Gasteiger charge is -2.09. The Morgan fingerprint density at radius 2 is 1.87 bits per heavy atom. The summed E-state index contributed by atoms with van der Waals surface area (Å²) in [5.74, 6) is 0. The lowest BCUT2D eigenvalue weighted by molar-refractivity contribution is 0.680. The fourth-order valence-electron chi connectivity index (χ4n) is 2.47. The lowest BCUT2D eigenvalue weighted by atomic mass is 9.96. The summed E-state index contributed by atoms with van der Waals surface area (Å²) in [5, 5.41) is 1.12. The van der Waals surface area contributed by atoms with Gasteiger partial charge in [0.2, 0.25) is 5.43 Å². The fraction of sp³-hybridized carbons (Fsp3) is 0.308. The van der Waals surface area contributed by atoms with E-state index in [0.29, 0.717) is 0 Å². The zero-order chi connectivity index (χ0) is 10.3. The van der Waals surface area contributed by atoms with Crippen molar-refractivity contribution in [3.8, 4) is 0 Å². The van der Waals surface area contributed by atoms with E-state index in [4.69, 9.17) is 0 Å². The number of rotatable bonds is 0. The highest BCUT2D eigenvalue weighted by molar-refractivity contribution is 5.84. The second kappa shape index (κ2) is 3.23. The molecule has 1 aromatic carbocycles. The maximum Gasteiger partial charge on any atom is 0.202 e. The molecule has 0 radical (unpaired) electrons. The largest absolute Gasteiger partial charge is 0.355 e. The third-order valence-corrected chi connectivity index (χ3v) is 3.21. The van der Waals surface area contributed by atoms with Crippen molar-refractivity contribution in [2.45, 2.75) is 25.7 Å². The molecule has 1 N–H and O–H groups in total. The first-order valence-corrected chi connectivity index (χ1v) is 5.49. The zero-order valence-electron chi connectivity index (χ0n) is 8.55. The molecule has 0 fully saturated rings. The van der Waals surface area contributed by atoms with Crippen molar-refractivity contribution in [3.05, 3.63) is 45.7 Å². The minimum atomic E-state index is 0.101. The van der Waals surface area contributed by atoms with Gasteiger partial charge in [0, 0.05) is 11.1 Å². The minimum absolute atomic E-state index is 0.101. The second-order valence-corrected chi connectivity index (χ2v) is 4.16. The van der Waals surface area contributed by atoms with Gasteiger partial charge in [0.05, 0.1) is 5.52 Å². The van der Waals surface area contributed by atoms with E-state index in [1.807, 2.05) is 12.1 Å². The van der Waals surface area contributed by atoms with Gasteiger partial charge < -0.3 is 4.98 Å². The SMILES string of the molecule is O=c1ccccc2c3c([nH]c12)CCCC3. The second-order valence-electron chi connectivity index (χ2n) is 4.16. The van der Waals surface area contributed by atoms with E-state index in [2.05, 4.69) is 11.1 Å². The number of aromatic nitrogens is 1. The van der Waals surface area contributed by atoms with Crippen LogP contribution in [0.2, 0.25) is 0 Å². The van der Waals surface area contributed by atoms with E-state index < -0.39 is 0 Å². The fourth-order valence-corrected chi connectivity index (χ4v) is 2.47. The van der Waals surface area contributed by atoms with Crippen molar-refractivity contribution < 1.29 is 0 Å². The number of fused-ring (bicyclic) bond motifs is 3. The van der Waals surface area contributed by atoms with E-state index in [9.17, 15) is 4.79 Å². The van der Waals surface area contributed by atoms with Gasteiger partial charge in [-0.25, -0.2) is 0 Å². The maximum atomic E-state index is 11.8. The topological polar surface area (TPSA) is 32.9 Å². The van der Waals surface area contributed by atoms with Crippen molar-refractivity contribution in [1.29, 1.82) is 0 Å². The van der Waals surface area contributed by atoms with Gasteiger partial charge in [-0.15, -0.1) is 0 Å². The number of hydrogen-bond donors (Lipinski definition) is 1. The van der Waals surface area contributed by atoms with Gasteiger partial charge in [-0.3, -0.25) is 4.79 Å². The number of aryl methyl sites for hydroxylation is 2. The van der Waals surface area contributed by atoms with Gasteiger partial charge in [-0.05, 0) is 37.3 Å². The average molecular weight is 199 g/mol. The van der Waals surface area contributed by atoms with Crippen molar-refractivity contribution in [2.24, 2.45) is 0 Å². The minimum Gasteiger partial charge on any atom is -0.355 e. The molecule has 0 amide bonds. The van der Waals surface area contributed by atoms with Crippen LogP contribution in [0.1, 0.15) is 24.1 Å². The van der Waals surface area contributed by atoms with Crippen molar-refractivity contribution in [1.82, 2.24) is 4.98 Å². The molecule has 2 nitrogen and oxygen atoms in total. The molecular formula is C13H13NO. The van der Waals surface area contributed by atoms with Gasteiger partial charge in [0.1, 0.15) is 0 Å². The molecule has 76 valence electrons. The molecule has 0 unspecified atom stereocenters. The Balaban J connectivity index is 2.44. The van der Waals surface area contributed by atoms with Crippen LogP contribution >= 0.6 is 0 Å². The molecule has 0 aliphatic heterocycles. The van der Waals surface area contributed by atoms with Gasteiger partial charge in [-0.2, -0.15) is 0 Å². The van der Waals surface area contributed by atoms with Gasteiger partial charge in [0.25, 0.3) is 0 Å². The van der Waals surface area contributed by atoms with E-state index in [0.717, 1.165) is 23.7 Å². The first kappa shape index (κ1) is 8.72. The first-order chi connectivity index (χ1) is 7.36. The standard InChI is InChI=1S/C13H13NO/c15-12-8-4-2-6-10-9-5-1-3-7-11(9)14-13(10)12/h2,4,6,8,14H,1,3,5,7H2. The summed E-state index contributed by atoms with van der Waals surface area (Å²) in [7, 11) is 0. The quantitative estimate of drug-likeness (QED) is 0.694. The summed E-state index contributed by atoms with van der Waals surface area (Å²) in [5.41, 5.74) is 3.53. The molecule has 0 bridgehead atoms. The third-order valence-electron chi connectivity index (χ3n) is 3.21. The smallest absolute Gasteiger partial charge is 0.202 e. The van der Waals surface area contributed by atoms with Crippen molar-refractivity contribution in [3.63, 3.8) is 0 Å². The van der Waals surface area contributed by atoms with Crippen molar-refractivity contribution in [2.75, 3.05) is 0 Å². The third kappa shape index (κ3) is 1.29. The Morgan fingerprint density at radius 1 is 1.07 bits per heavy atom. The van der Waals surface area contributed by atoms with Gasteiger partial charge >= 0.3 is 0 Å². The normalized spacial score (nSPS) is 15.2. The number of nitrogens with one attached hydrogen (secondary N) is 1. The van der Waals surface area contributed by atoms with Crippen LogP contribution in [0.3, 0.4) is 0 Å². The summed E-state index contributed by atoms with van der Waals surface area (Å²) >= 11 is 0. The Kier molecular flexibility index (Phi) is 1.88. The van der Waals surface area contributed by atoms with E-state index in [-0.39, 0.29) is 5.43 Å². The first-order valence-electron chi connectivity index (χ1n) is 5.49. The summed E-state index contributed by atoms with van der Waals surface area (Å²) in [4.78, 5) is 15.1. The molecule has 1 aliphatic rings. The lowest BCUT2D eigenvalue weighted by Crippen LogP contribution is -2.00. The van der Waals surface area contributed by atoms with E-state index in [1.165, 1.54) is 24.1 Å². The molecule has 0 saturated carbocycles. The number of aromatic amines is 1. The van der Waals surface area contributed by atoms with Crippen LogP contribution in [0.5, 0.6) is 0 Å². The molecule has 1 aromatic heterocycles. The molecule has 3 rings (SSSR count). The van der Waals surface area contributed by atoms with Crippen LogP contribution in [-0.2, 0) is 12.8 Å². The van der Waals surface area contributed by atoms with E-state index >= 15 is 0 Å². The highest BCUT2D eigenvalue weighted by Gasteiger charge is 2.15. The summed E-state index contributed by atoms with van der Waals surface area (Å²) in [6.45, 7) is 0. The molecule has 0 spiro atoms. The predicted octanol–water partition coefficient (Wildman–Crippen LogP) is 2.41. The van der Waals surface area contributed by atoms with E-state index in [1.54, 1.807) is 6.07 Å². The summed E-state index contributed by atoms with van der Waals surface area (Å²) < 4.78 is 0. The zero-order valence-corrected chi connectivity index (χ0v) is 8.55. The highest BCUT2D eigenvalue weighted by Crippen LogP contribution is 2.26. The number of hydrogen-bond acceptors (Lipinski definition) is 1. The summed E-state index contributed by atoms with van der Waals surface area (Å²) in [6, 6.07) is 7.44. The van der Waals surface area contributed by atoms with Crippen molar-refractivity contribution >= 4 is 10.9 Å². The predicted molar refractivity (Wildman–Crippen MR) is 61.2 cm³/mol. The van der Waals surface area contributed by atoms with Crippen LogP contribution in [0, 0.1) is 0 Å². The average Bonchev–Trinajstić information content (AvgIpc) is 2.54. The highest BCUT2D eigenvalue weighted by atomic mass is 16.1. The Hall–Kier alpha value is -1.57. The molecule has 0 atom stereocenters.